The van der Waals surface area contributed by atoms with Crippen molar-refractivity contribution in [3.63, 3.8) is 0 Å². The van der Waals surface area contributed by atoms with E-state index >= 15 is 0 Å². The van der Waals surface area contributed by atoms with E-state index in [2.05, 4.69) is 0 Å². The van der Waals surface area contributed by atoms with E-state index in [0.29, 0.717) is 6.33 Å². The van der Waals surface area contributed by atoms with E-state index in [1.165, 1.54) is 6.08 Å². The molecule has 3 nitrogen and oxygen atoms in total. The van der Waals surface area contributed by atoms with Crippen molar-refractivity contribution in [3.8, 4) is 0 Å². The van der Waals surface area contributed by atoms with Gasteiger partial charge in [-0.1, -0.05) is 6.08 Å². The predicted molar refractivity (Wildman–Crippen MR) is 29.3 cm³/mol. The Hall–Kier alpha value is -0.260. The van der Waals surface area contributed by atoms with Crippen LogP contribution in [0.1, 0.15) is 6.92 Å². The van der Waals surface area contributed by atoms with Crippen molar-refractivity contribution in [2.45, 2.75) is 6.92 Å². The summed E-state index contributed by atoms with van der Waals surface area (Å²) >= 11 is -2.61. The maximum atomic E-state index is 10.5. The molecular formula is C3H7FO3S. The Balaban J connectivity index is 0. The first-order valence-electron chi connectivity index (χ1n) is 1.66. The lowest BCUT2D eigenvalue weighted by atomic mass is 10.8. The standard InChI is InChI=1S/C3H5F.H2O3S/c1-2-3-4;1-4(2)3/h2-3H,1H3;(H2,1,2,3). The van der Waals surface area contributed by atoms with Crippen molar-refractivity contribution in [2.24, 2.45) is 0 Å². The predicted octanol–water partition coefficient (Wildman–Crippen LogP) is 1.17. The largest absolute Gasteiger partial charge is 0.299 e. The monoisotopic (exact) mass is 142 g/mol. The summed E-state index contributed by atoms with van der Waals surface area (Å²) in [5, 5.41) is 0. The number of hydrogen-bond acceptors (Lipinski definition) is 1. The molecule has 0 aromatic rings. The summed E-state index contributed by atoms with van der Waals surface area (Å²) in [6.07, 6.45) is 1.83. The summed E-state index contributed by atoms with van der Waals surface area (Å²) < 4.78 is 33.4. The summed E-state index contributed by atoms with van der Waals surface area (Å²) in [5.74, 6) is 0. The van der Waals surface area contributed by atoms with Crippen LogP contribution < -0.4 is 0 Å². The minimum absolute atomic E-state index is 0.500. The molecule has 0 radical (unpaired) electrons. The van der Waals surface area contributed by atoms with E-state index < -0.39 is 11.4 Å². The second kappa shape index (κ2) is 9.88. The van der Waals surface area contributed by atoms with Crippen LogP contribution in [-0.4, -0.2) is 13.3 Å². The van der Waals surface area contributed by atoms with Gasteiger partial charge in [0, 0.05) is 0 Å². The van der Waals surface area contributed by atoms with Gasteiger partial charge in [-0.15, -0.1) is 0 Å². The molecular weight excluding hydrogens is 135 g/mol. The van der Waals surface area contributed by atoms with Gasteiger partial charge in [0.25, 0.3) is 11.4 Å². The van der Waals surface area contributed by atoms with Gasteiger partial charge in [0.15, 0.2) is 0 Å². The molecule has 0 saturated carbocycles. The highest BCUT2D eigenvalue weighted by Crippen LogP contribution is 1.62. The average molecular weight is 142 g/mol. The number of allylic oxidation sites excluding steroid dienone is 1. The molecule has 0 aliphatic rings. The lowest BCUT2D eigenvalue weighted by Crippen LogP contribution is -1.74. The number of hydrogen-bond donors (Lipinski definition) is 2. The van der Waals surface area contributed by atoms with E-state index in [9.17, 15) is 4.39 Å². The van der Waals surface area contributed by atoms with Gasteiger partial charge in [0.05, 0.1) is 6.33 Å². The van der Waals surface area contributed by atoms with Crippen molar-refractivity contribution < 1.29 is 17.7 Å². The zero-order valence-corrected chi connectivity index (χ0v) is 5.06. The molecule has 0 aromatic carbocycles. The fraction of sp³-hybridized carbons (Fsp3) is 0.333. The van der Waals surface area contributed by atoms with Crippen LogP contribution in [0.2, 0.25) is 0 Å². The summed E-state index contributed by atoms with van der Waals surface area (Å²) in [5.41, 5.74) is 0. The lowest BCUT2D eigenvalue weighted by Gasteiger charge is -1.59. The van der Waals surface area contributed by atoms with E-state index in [0.717, 1.165) is 0 Å². The summed E-state index contributed by atoms with van der Waals surface area (Å²) in [6, 6.07) is 0. The molecule has 0 bridgehead atoms. The maximum Gasteiger partial charge on any atom is 0.299 e. The van der Waals surface area contributed by atoms with Crippen molar-refractivity contribution in [1.29, 1.82) is 0 Å². The molecule has 0 rings (SSSR count). The third kappa shape index (κ3) is 236. The van der Waals surface area contributed by atoms with Gasteiger partial charge in [-0.2, -0.15) is 4.21 Å². The zero-order valence-electron chi connectivity index (χ0n) is 4.24. The van der Waals surface area contributed by atoms with Crippen molar-refractivity contribution >= 4 is 11.4 Å². The minimum atomic E-state index is -2.61. The third-order valence-corrected chi connectivity index (χ3v) is 0.126. The van der Waals surface area contributed by atoms with Gasteiger partial charge in [-0.3, -0.25) is 9.11 Å². The van der Waals surface area contributed by atoms with Crippen LogP contribution in [0.3, 0.4) is 0 Å². The average Bonchev–Trinajstić information content (AvgIpc) is 1.65. The minimum Gasteiger partial charge on any atom is -0.284 e. The fourth-order valence-electron chi connectivity index (χ4n) is 0. The van der Waals surface area contributed by atoms with Crippen molar-refractivity contribution in [3.05, 3.63) is 12.4 Å². The number of halogens is 1. The van der Waals surface area contributed by atoms with Crippen molar-refractivity contribution in [2.75, 3.05) is 0 Å². The summed E-state index contributed by atoms with van der Waals surface area (Å²) in [7, 11) is 0. The van der Waals surface area contributed by atoms with E-state index in [-0.39, 0.29) is 0 Å². The van der Waals surface area contributed by atoms with Crippen LogP contribution in [0.4, 0.5) is 4.39 Å². The van der Waals surface area contributed by atoms with Crippen LogP contribution in [0.15, 0.2) is 12.4 Å². The van der Waals surface area contributed by atoms with E-state index in [4.69, 9.17) is 13.3 Å². The van der Waals surface area contributed by atoms with Gasteiger partial charge in [-0.25, -0.2) is 4.39 Å². The molecule has 0 amide bonds. The van der Waals surface area contributed by atoms with Crippen LogP contribution in [0.5, 0.6) is 0 Å². The molecule has 0 atom stereocenters. The Morgan fingerprint density at radius 1 is 1.62 bits per heavy atom. The van der Waals surface area contributed by atoms with E-state index in [1.807, 2.05) is 0 Å². The Labute approximate surface area is 49.3 Å². The Morgan fingerprint density at radius 3 is 1.75 bits per heavy atom. The summed E-state index contributed by atoms with van der Waals surface area (Å²) in [4.78, 5) is 0. The second-order valence-electron chi connectivity index (χ2n) is 0.690. The molecule has 8 heavy (non-hydrogen) atoms. The molecule has 0 saturated heterocycles. The molecule has 2 N–H and O–H groups in total. The van der Waals surface area contributed by atoms with Crippen molar-refractivity contribution in [1.82, 2.24) is 0 Å². The van der Waals surface area contributed by atoms with Crippen LogP contribution in [0, 0.1) is 0 Å². The normalized spacial score (nSPS) is 9.12. The van der Waals surface area contributed by atoms with Crippen LogP contribution >= 0.6 is 0 Å². The highest BCUT2D eigenvalue weighted by molar-refractivity contribution is 7.73. The molecule has 5 heteroatoms. The SMILES string of the molecule is CC=CF.O=S(O)O. The molecule has 0 aliphatic carbocycles. The quantitative estimate of drug-likeness (QED) is 0.499. The first-order valence-corrected chi connectivity index (χ1v) is 2.72. The van der Waals surface area contributed by atoms with Gasteiger partial charge in [-0.05, 0) is 6.92 Å². The Bertz CT molecular complexity index is 74.6. The molecule has 0 heterocycles. The number of rotatable bonds is 0. The topological polar surface area (TPSA) is 57.5 Å². The van der Waals surface area contributed by atoms with Crippen LogP contribution in [-0.2, 0) is 11.4 Å². The molecule has 0 spiro atoms. The zero-order chi connectivity index (χ0) is 6.99. The van der Waals surface area contributed by atoms with E-state index in [1.54, 1.807) is 6.92 Å². The Kier molecular flexibility index (Phi) is 13.2. The maximum absolute atomic E-state index is 10.5. The molecule has 0 fully saturated rings. The summed E-state index contributed by atoms with van der Waals surface area (Å²) in [6.45, 7) is 1.62. The first-order chi connectivity index (χ1) is 3.65. The van der Waals surface area contributed by atoms with Gasteiger partial charge in [0.1, 0.15) is 0 Å². The van der Waals surface area contributed by atoms with Crippen LogP contribution in [0.25, 0.3) is 0 Å². The Morgan fingerprint density at radius 2 is 1.75 bits per heavy atom. The molecule has 50 valence electrons. The first kappa shape index (κ1) is 10.7. The van der Waals surface area contributed by atoms with Gasteiger partial charge >= 0.3 is 0 Å². The fourth-order valence-corrected chi connectivity index (χ4v) is 0. The van der Waals surface area contributed by atoms with Gasteiger partial charge < -0.3 is 0 Å². The highest BCUT2D eigenvalue weighted by Gasteiger charge is 1.62. The second-order valence-corrected chi connectivity index (χ2v) is 1.15. The third-order valence-electron chi connectivity index (χ3n) is 0.126. The smallest absolute Gasteiger partial charge is 0.284 e. The molecule has 0 unspecified atom stereocenters. The molecule has 0 aliphatic heterocycles. The lowest BCUT2D eigenvalue weighted by molar-refractivity contribution is 0.454. The highest BCUT2D eigenvalue weighted by atomic mass is 32.2. The van der Waals surface area contributed by atoms with Gasteiger partial charge in [0.2, 0.25) is 0 Å². The molecule has 0 aromatic heterocycles.